The molecule has 1 fully saturated rings. The molecule has 1 heterocycles. The highest BCUT2D eigenvalue weighted by molar-refractivity contribution is 6.00. The number of likely N-dealkylation sites (tertiary alicyclic amines) is 1. The number of hydrogen-bond acceptors (Lipinski definition) is 5. The van der Waals surface area contributed by atoms with Crippen molar-refractivity contribution in [3.63, 3.8) is 0 Å². The monoisotopic (exact) mass is 355 g/mol. The maximum Gasteiger partial charge on any atom is 0.328 e. The van der Waals surface area contributed by atoms with Crippen LogP contribution in [0.3, 0.4) is 0 Å². The molecule has 1 saturated heterocycles. The summed E-state index contributed by atoms with van der Waals surface area (Å²) in [6, 6.07) is 12.5. The van der Waals surface area contributed by atoms with E-state index in [1.807, 2.05) is 30.3 Å². The lowest BCUT2D eigenvalue weighted by Gasteiger charge is -2.38. The molecule has 1 aliphatic heterocycles. The largest absolute Gasteiger partial charge is 0.493 e. The average molecular weight is 355 g/mol. The molecule has 1 aliphatic rings. The number of esters is 1. The molecule has 136 valence electrons. The predicted octanol–water partition coefficient (Wildman–Crippen LogP) is 2.76. The molecular formula is C20H21NO5. The van der Waals surface area contributed by atoms with Gasteiger partial charge in [0.05, 0.1) is 21.3 Å². The molecule has 2 aromatic rings. The lowest BCUT2D eigenvalue weighted by Crippen LogP contribution is -2.55. The minimum Gasteiger partial charge on any atom is -0.493 e. The molecule has 0 spiro atoms. The van der Waals surface area contributed by atoms with Crippen LogP contribution < -0.4 is 9.47 Å². The summed E-state index contributed by atoms with van der Waals surface area (Å²) in [6.07, 6.45) is 0.608. The Kier molecular flexibility index (Phi) is 5.11. The van der Waals surface area contributed by atoms with Gasteiger partial charge in [-0.1, -0.05) is 30.3 Å². The minimum atomic E-state index is -0.527. The number of methoxy groups -OCH3 is 3. The summed E-state index contributed by atoms with van der Waals surface area (Å²) in [4.78, 5) is 26.2. The van der Waals surface area contributed by atoms with Crippen LogP contribution in [0, 0.1) is 0 Å². The molecule has 0 radical (unpaired) electrons. The van der Waals surface area contributed by atoms with E-state index in [0.29, 0.717) is 30.0 Å². The number of ether oxygens (including phenoxy) is 3. The second-order valence-corrected chi connectivity index (χ2v) is 5.95. The maximum atomic E-state index is 12.9. The summed E-state index contributed by atoms with van der Waals surface area (Å²) in [5.74, 6) is 0.397. The molecule has 0 bridgehead atoms. The fourth-order valence-electron chi connectivity index (χ4n) is 3.10. The van der Waals surface area contributed by atoms with Crippen LogP contribution >= 0.6 is 0 Å². The first-order valence-electron chi connectivity index (χ1n) is 8.31. The van der Waals surface area contributed by atoms with Gasteiger partial charge in [0.25, 0.3) is 5.91 Å². The average Bonchev–Trinajstić information content (AvgIpc) is 2.66. The van der Waals surface area contributed by atoms with Crippen molar-refractivity contribution in [3.8, 4) is 22.6 Å². The highest BCUT2D eigenvalue weighted by Gasteiger charge is 2.39. The normalized spacial score (nSPS) is 15.8. The Bertz CT molecular complexity index is 818. The zero-order valence-corrected chi connectivity index (χ0v) is 15.0. The number of nitrogens with zero attached hydrogens (tertiary/aromatic N) is 1. The summed E-state index contributed by atoms with van der Waals surface area (Å²) in [5.41, 5.74) is 2.10. The Labute approximate surface area is 152 Å². The molecule has 6 nitrogen and oxygen atoms in total. The molecule has 0 saturated carbocycles. The van der Waals surface area contributed by atoms with E-state index >= 15 is 0 Å². The van der Waals surface area contributed by atoms with E-state index in [0.717, 1.165) is 11.1 Å². The third-order valence-corrected chi connectivity index (χ3v) is 4.56. The van der Waals surface area contributed by atoms with Gasteiger partial charge in [0.2, 0.25) is 0 Å². The summed E-state index contributed by atoms with van der Waals surface area (Å²) in [7, 11) is 4.42. The number of amides is 1. The van der Waals surface area contributed by atoms with Crippen molar-refractivity contribution >= 4 is 11.9 Å². The smallest absolute Gasteiger partial charge is 0.328 e. The molecule has 0 aliphatic carbocycles. The van der Waals surface area contributed by atoms with Crippen LogP contribution in [0.2, 0.25) is 0 Å². The van der Waals surface area contributed by atoms with Crippen molar-refractivity contribution in [1.82, 2.24) is 4.90 Å². The summed E-state index contributed by atoms with van der Waals surface area (Å²) < 4.78 is 15.7. The number of hydrogen-bond donors (Lipinski definition) is 0. The quantitative estimate of drug-likeness (QED) is 0.772. The fourth-order valence-corrected chi connectivity index (χ4v) is 3.10. The number of carbonyl (C=O) groups is 2. The fraction of sp³-hybridized carbons (Fsp3) is 0.300. The van der Waals surface area contributed by atoms with E-state index in [1.165, 1.54) is 19.1 Å². The Morgan fingerprint density at radius 2 is 1.77 bits per heavy atom. The van der Waals surface area contributed by atoms with Gasteiger partial charge in [0.15, 0.2) is 11.5 Å². The van der Waals surface area contributed by atoms with Gasteiger partial charge in [-0.3, -0.25) is 4.79 Å². The Hall–Kier alpha value is -3.02. The molecule has 1 atom stereocenters. The zero-order chi connectivity index (χ0) is 18.7. The van der Waals surface area contributed by atoms with Crippen LogP contribution in [0.1, 0.15) is 16.8 Å². The molecule has 0 aromatic heterocycles. The van der Waals surface area contributed by atoms with Crippen LogP contribution in [-0.2, 0) is 9.53 Å². The van der Waals surface area contributed by atoms with Gasteiger partial charge >= 0.3 is 5.97 Å². The van der Waals surface area contributed by atoms with Crippen LogP contribution in [-0.4, -0.2) is 50.7 Å². The Morgan fingerprint density at radius 3 is 2.31 bits per heavy atom. The van der Waals surface area contributed by atoms with E-state index in [9.17, 15) is 9.59 Å². The van der Waals surface area contributed by atoms with E-state index < -0.39 is 12.0 Å². The zero-order valence-electron chi connectivity index (χ0n) is 15.0. The van der Waals surface area contributed by atoms with Gasteiger partial charge in [-0.05, 0) is 24.1 Å². The Balaban J connectivity index is 2.03. The number of rotatable bonds is 5. The van der Waals surface area contributed by atoms with Crippen LogP contribution in [0.15, 0.2) is 42.5 Å². The van der Waals surface area contributed by atoms with E-state index in [4.69, 9.17) is 14.2 Å². The molecular weight excluding hydrogens is 334 g/mol. The van der Waals surface area contributed by atoms with E-state index in [1.54, 1.807) is 19.2 Å². The van der Waals surface area contributed by atoms with Gasteiger partial charge in [0, 0.05) is 17.7 Å². The summed E-state index contributed by atoms with van der Waals surface area (Å²) in [6.45, 7) is 0.521. The molecule has 1 unspecified atom stereocenters. The lowest BCUT2D eigenvalue weighted by molar-refractivity contribution is -0.149. The third kappa shape index (κ3) is 3.10. The number of carbonyl (C=O) groups excluding carboxylic acids is 2. The highest BCUT2D eigenvalue weighted by Crippen LogP contribution is 2.40. The molecule has 2 aromatic carbocycles. The van der Waals surface area contributed by atoms with Gasteiger partial charge in [0.1, 0.15) is 6.04 Å². The standard InChI is InChI=1S/C20H21NO5/c1-24-17-12-14(19(22)21-10-9-16(21)20(23)26-3)11-15(18(17)25-2)13-7-5-4-6-8-13/h4-8,11-12,16H,9-10H2,1-3H3. The number of benzene rings is 2. The summed E-state index contributed by atoms with van der Waals surface area (Å²) in [5, 5.41) is 0. The second kappa shape index (κ2) is 7.47. The van der Waals surface area contributed by atoms with Crippen molar-refractivity contribution in [1.29, 1.82) is 0 Å². The van der Waals surface area contributed by atoms with E-state index in [-0.39, 0.29) is 5.91 Å². The van der Waals surface area contributed by atoms with Gasteiger partial charge in [-0.15, -0.1) is 0 Å². The molecule has 6 heteroatoms. The van der Waals surface area contributed by atoms with Crippen molar-refractivity contribution in [2.75, 3.05) is 27.9 Å². The van der Waals surface area contributed by atoms with Crippen molar-refractivity contribution in [2.45, 2.75) is 12.5 Å². The molecule has 26 heavy (non-hydrogen) atoms. The van der Waals surface area contributed by atoms with Crippen molar-refractivity contribution in [3.05, 3.63) is 48.0 Å². The first-order valence-corrected chi connectivity index (χ1v) is 8.31. The van der Waals surface area contributed by atoms with Crippen molar-refractivity contribution in [2.24, 2.45) is 0 Å². The maximum absolute atomic E-state index is 12.9. The minimum absolute atomic E-state index is 0.232. The third-order valence-electron chi connectivity index (χ3n) is 4.56. The van der Waals surface area contributed by atoms with Crippen LogP contribution in [0.5, 0.6) is 11.5 Å². The molecule has 3 rings (SSSR count). The first kappa shape index (κ1) is 17.8. The SMILES string of the molecule is COC(=O)C1CCN1C(=O)c1cc(OC)c(OC)c(-c2ccccc2)c1. The van der Waals surface area contributed by atoms with Crippen LogP contribution in [0.4, 0.5) is 0 Å². The second-order valence-electron chi connectivity index (χ2n) is 5.95. The predicted molar refractivity (Wildman–Crippen MR) is 96.4 cm³/mol. The topological polar surface area (TPSA) is 65.1 Å². The molecule has 0 N–H and O–H groups in total. The van der Waals surface area contributed by atoms with Gasteiger partial charge in [-0.25, -0.2) is 4.79 Å². The Morgan fingerprint density at radius 1 is 1.04 bits per heavy atom. The van der Waals surface area contributed by atoms with Crippen LogP contribution in [0.25, 0.3) is 11.1 Å². The van der Waals surface area contributed by atoms with Crippen molar-refractivity contribution < 1.29 is 23.8 Å². The first-order chi connectivity index (χ1) is 12.6. The van der Waals surface area contributed by atoms with Gasteiger partial charge < -0.3 is 19.1 Å². The molecule has 1 amide bonds. The lowest BCUT2D eigenvalue weighted by atomic mass is 9.97. The summed E-state index contributed by atoms with van der Waals surface area (Å²) >= 11 is 0. The van der Waals surface area contributed by atoms with Gasteiger partial charge in [-0.2, -0.15) is 0 Å². The van der Waals surface area contributed by atoms with E-state index in [2.05, 4.69) is 0 Å². The highest BCUT2D eigenvalue weighted by atomic mass is 16.5.